The molecule has 0 atom stereocenters. The van der Waals surface area contributed by atoms with Crippen molar-refractivity contribution in [3.63, 3.8) is 0 Å². The number of halogens is 3. The van der Waals surface area contributed by atoms with Crippen molar-refractivity contribution < 1.29 is 31.8 Å². The van der Waals surface area contributed by atoms with Gasteiger partial charge in [0.1, 0.15) is 0 Å². The van der Waals surface area contributed by atoms with Crippen LogP contribution in [0.2, 0.25) is 0 Å². The topological polar surface area (TPSA) is 81.1 Å². The van der Waals surface area contributed by atoms with Crippen molar-refractivity contribution in [1.82, 2.24) is 9.21 Å². The lowest BCUT2D eigenvalue weighted by molar-refractivity contribution is -0.137. The number of hydrogen-bond acceptors (Lipinski definition) is 5. The average Bonchev–Trinajstić information content (AvgIpc) is 2.77. The second-order valence-corrected chi connectivity index (χ2v) is 11.0. The third-order valence-corrected chi connectivity index (χ3v) is 8.38. The standard InChI is InChI=1S/C23H37F3N2O4S/c1-27(33(31,32)22-11-9-21(10-12-22)23(24,25)26)18-20-7-5-19(6-8-20)4-2-3-13-28(14-16-29)15-17-30/h9-12,19-20,29-30H,2-8,13-18H2,1H3. The highest BCUT2D eigenvalue weighted by Crippen LogP contribution is 2.33. The lowest BCUT2D eigenvalue weighted by atomic mass is 9.80. The Kier molecular flexibility index (Phi) is 11.1. The Labute approximate surface area is 195 Å². The molecule has 2 rings (SSSR count). The minimum Gasteiger partial charge on any atom is -0.395 e. The zero-order valence-electron chi connectivity index (χ0n) is 19.3. The van der Waals surface area contributed by atoms with Gasteiger partial charge in [-0.3, -0.25) is 4.90 Å². The summed E-state index contributed by atoms with van der Waals surface area (Å²) in [4.78, 5) is 1.94. The third-order valence-electron chi connectivity index (χ3n) is 6.54. The van der Waals surface area contributed by atoms with Crippen LogP contribution in [-0.2, 0) is 16.2 Å². The molecule has 0 radical (unpaired) electrons. The molecule has 10 heteroatoms. The van der Waals surface area contributed by atoms with Gasteiger partial charge in [0.05, 0.1) is 23.7 Å². The number of hydrogen-bond donors (Lipinski definition) is 2. The van der Waals surface area contributed by atoms with Crippen LogP contribution >= 0.6 is 0 Å². The quantitative estimate of drug-likeness (QED) is 0.410. The molecule has 6 nitrogen and oxygen atoms in total. The molecule has 0 heterocycles. The van der Waals surface area contributed by atoms with Gasteiger partial charge in [-0.25, -0.2) is 12.7 Å². The van der Waals surface area contributed by atoms with Gasteiger partial charge < -0.3 is 10.2 Å². The summed E-state index contributed by atoms with van der Waals surface area (Å²) in [6, 6.07) is 3.65. The summed E-state index contributed by atoms with van der Waals surface area (Å²) in [6.07, 6.45) is 2.73. The van der Waals surface area contributed by atoms with Crippen molar-refractivity contribution in [3.8, 4) is 0 Å². The minimum atomic E-state index is -4.49. The first-order valence-corrected chi connectivity index (χ1v) is 13.1. The first-order valence-electron chi connectivity index (χ1n) is 11.7. The monoisotopic (exact) mass is 494 g/mol. The van der Waals surface area contributed by atoms with Crippen LogP contribution in [0.3, 0.4) is 0 Å². The number of alkyl halides is 3. The van der Waals surface area contributed by atoms with Crippen LogP contribution in [0.1, 0.15) is 50.5 Å². The van der Waals surface area contributed by atoms with Crippen LogP contribution < -0.4 is 0 Å². The summed E-state index contributed by atoms with van der Waals surface area (Å²) in [5.41, 5.74) is -0.864. The third kappa shape index (κ3) is 8.83. The summed E-state index contributed by atoms with van der Waals surface area (Å²) in [6.45, 7) is 2.57. The number of rotatable bonds is 13. The summed E-state index contributed by atoms with van der Waals surface area (Å²) in [5.74, 6) is 0.877. The van der Waals surface area contributed by atoms with E-state index in [0.717, 1.165) is 75.8 Å². The van der Waals surface area contributed by atoms with Gasteiger partial charge in [-0.15, -0.1) is 0 Å². The first kappa shape index (κ1) is 28.0. The van der Waals surface area contributed by atoms with Crippen LogP contribution in [0.5, 0.6) is 0 Å². The molecule has 0 saturated heterocycles. The molecule has 2 N–H and O–H groups in total. The number of benzene rings is 1. The number of sulfonamides is 1. The molecule has 1 fully saturated rings. The maximum atomic E-state index is 12.8. The number of unbranched alkanes of at least 4 members (excludes halogenated alkanes) is 1. The van der Waals surface area contributed by atoms with Crippen LogP contribution in [0.25, 0.3) is 0 Å². The van der Waals surface area contributed by atoms with E-state index in [1.54, 1.807) is 0 Å². The van der Waals surface area contributed by atoms with E-state index in [0.29, 0.717) is 25.6 Å². The Morgan fingerprint density at radius 1 is 0.909 bits per heavy atom. The lowest BCUT2D eigenvalue weighted by Gasteiger charge is -2.31. The van der Waals surface area contributed by atoms with Crippen molar-refractivity contribution in [3.05, 3.63) is 29.8 Å². The van der Waals surface area contributed by atoms with E-state index in [9.17, 15) is 21.6 Å². The normalized spacial score (nSPS) is 20.0. The molecule has 1 aliphatic rings. The maximum Gasteiger partial charge on any atom is 0.416 e. The van der Waals surface area contributed by atoms with Crippen molar-refractivity contribution >= 4 is 10.0 Å². The molecule has 190 valence electrons. The van der Waals surface area contributed by atoms with Gasteiger partial charge in [0, 0.05) is 26.7 Å². The molecule has 0 amide bonds. The minimum absolute atomic E-state index is 0.0903. The van der Waals surface area contributed by atoms with Gasteiger partial charge in [0.15, 0.2) is 0 Å². The van der Waals surface area contributed by atoms with Crippen molar-refractivity contribution in [2.24, 2.45) is 11.8 Å². The molecule has 1 aromatic carbocycles. The Bertz CT molecular complexity index is 789. The van der Waals surface area contributed by atoms with Gasteiger partial charge in [0.25, 0.3) is 0 Å². The molecule has 0 bridgehead atoms. The van der Waals surface area contributed by atoms with Gasteiger partial charge >= 0.3 is 6.18 Å². The zero-order chi connectivity index (χ0) is 24.5. The molecular formula is C23H37F3N2O4S. The molecule has 1 aliphatic carbocycles. The van der Waals surface area contributed by atoms with Crippen LogP contribution in [0, 0.1) is 11.8 Å². The largest absolute Gasteiger partial charge is 0.416 e. The fourth-order valence-electron chi connectivity index (χ4n) is 4.55. The van der Waals surface area contributed by atoms with Gasteiger partial charge in [-0.1, -0.05) is 25.7 Å². The Hall–Kier alpha value is -1.20. The maximum absolute atomic E-state index is 12.8. The summed E-state index contributed by atoms with van der Waals surface area (Å²) >= 11 is 0. The van der Waals surface area contributed by atoms with E-state index >= 15 is 0 Å². The summed E-state index contributed by atoms with van der Waals surface area (Å²) in [7, 11) is -2.33. The van der Waals surface area contributed by atoms with Gasteiger partial charge in [-0.2, -0.15) is 13.2 Å². The smallest absolute Gasteiger partial charge is 0.395 e. The predicted octanol–water partition coefficient (Wildman–Crippen LogP) is 3.59. The molecule has 1 saturated carbocycles. The molecular weight excluding hydrogens is 457 g/mol. The van der Waals surface area contributed by atoms with Crippen molar-refractivity contribution in [1.29, 1.82) is 0 Å². The van der Waals surface area contributed by atoms with E-state index in [1.807, 2.05) is 0 Å². The molecule has 0 aliphatic heterocycles. The van der Waals surface area contributed by atoms with Crippen LogP contribution in [0.15, 0.2) is 29.2 Å². The highest BCUT2D eigenvalue weighted by Gasteiger charge is 2.32. The van der Waals surface area contributed by atoms with E-state index in [2.05, 4.69) is 4.90 Å². The second-order valence-electron chi connectivity index (χ2n) is 8.98. The SMILES string of the molecule is CN(CC1CCC(CCCCN(CCO)CCO)CC1)S(=O)(=O)c1ccc(C(F)(F)F)cc1. The molecule has 1 aromatic rings. The molecule has 0 unspecified atom stereocenters. The van der Waals surface area contributed by atoms with E-state index in [4.69, 9.17) is 10.2 Å². The van der Waals surface area contributed by atoms with Crippen molar-refractivity contribution in [2.45, 2.75) is 56.0 Å². The van der Waals surface area contributed by atoms with E-state index in [1.165, 1.54) is 11.4 Å². The Morgan fingerprint density at radius 3 is 1.97 bits per heavy atom. The first-order chi connectivity index (χ1) is 15.6. The van der Waals surface area contributed by atoms with Gasteiger partial charge in [0.2, 0.25) is 10.0 Å². The Morgan fingerprint density at radius 2 is 1.45 bits per heavy atom. The highest BCUT2D eigenvalue weighted by molar-refractivity contribution is 7.89. The fourth-order valence-corrected chi connectivity index (χ4v) is 5.79. The Balaban J connectivity index is 1.75. The number of nitrogens with zero attached hydrogens (tertiary/aromatic N) is 2. The summed E-state index contributed by atoms with van der Waals surface area (Å²) in [5, 5.41) is 18.1. The molecule has 0 aromatic heterocycles. The lowest BCUT2D eigenvalue weighted by Crippen LogP contribution is -2.33. The molecule has 0 spiro atoms. The van der Waals surface area contributed by atoms with Gasteiger partial charge in [-0.05, 0) is 61.9 Å². The van der Waals surface area contributed by atoms with Crippen LogP contribution in [-0.4, -0.2) is 74.3 Å². The number of aliphatic hydroxyl groups is 2. The van der Waals surface area contributed by atoms with E-state index in [-0.39, 0.29) is 24.0 Å². The zero-order valence-corrected chi connectivity index (χ0v) is 20.1. The van der Waals surface area contributed by atoms with Crippen molar-refractivity contribution in [2.75, 3.05) is 46.4 Å². The predicted molar refractivity (Wildman–Crippen MR) is 121 cm³/mol. The fraction of sp³-hybridized carbons (Fsp3) is 0.739. The van der Waals surface area contributed by atoms with E-state index < -0.39 is 21.8 Å². The van der Waals surface area contributed by atoms with Crippen LogP contribution in [0.4, 0.5) is 13.2 Å². The highest BCUT2D eigenvalue weighted by atomic mass is 32.2. The summed E-state index contributed by atoms with van der Waals surface area (Å²) < 4.78 is 65.0. The molecule has 33 heavy (non-hydrogen) atoms. The second kappa shape index (κ2) is 13.0. The number of aliphatic hydroxyl groups excluding tert-OH is 2. The average molecular weight is 495 g/mol.